The summed E-state index contributed by atoms with van der Waals surface area (Å²) >= 11 is 5.93. The second-order valence-electron chi connectivity index (χ2n) is 7.92. The minimum absolute atomic E-state index is 0.0528. The maximum Gasteiger partial charge on any atom is 0.435 e. The number of anilines is 1. The van der Waals surface area contributed by atoms with Crippen molar-refractivity contribution in [2.24, 2.45) is 0 Å². The number of amides is 1. The molecule has 178 valence electrons. The molecule has 0 saturated heterocycles. The van der Waals surface area contributed by atoms with E-state index in [-0.39, 0.29) is 23.0 Å². The Hall–Kier alpha value is -3.60. The molecule has 1 saturated carbocycles. The molecule has 1 aliphatic carbocycles. The lowest BCUT2D eigenvalue weighted by atomic mass is 10.2. The molecule has 1 fully saturated rings. The molecule has 1 aliphatic rings. The highest BCUT2D eigenvalue weighted by Gasteiger charge is 2.38. The Balaban J connectivity index is 1.56. The first-order valence-electron chi connectivity index (χ1n) is 10.2. The van der Waals surface area contributed by atoms with E-state index in [4.69, 9.17) is 16.3 Å². The van der Waals surface area contributed by atoms with E-state index < -0.39 is 29.2 Å². The average molecular weight is 495 g/mol. The Morgan fingerprint density at radius 2 is 2.00 bits per heavy atom. The fourth-order valence-corrected chi connectivity index (χ4v) is 3.64. The van der Waals surface area contributed by atoms with Gasteiger partial charge in [0.2, 0.25) is 5.91 Å². The molecule has 0 unspecified atom stereocenters. The summed E-state index contributed by atoms with van der Waals surface area (Å²) in [4.78, 5) is 23.3. The summed E-state index contributed by atoms with van der Waals surface area (Å²) in [6, 6.07) is 9.52. The van der Waals surface area contributed by atoms with Crippen LogP contribution in [0.15, 0.2) is 42.5 Å². The number of carbonyl (C=O) groups is 1. The lowest BCUT2D eigenvalue weighted by molar-refractivity contribution is -0.384. The van der Waals surface area contributed by atoms with Gasteiger partial charge < -0.3 is 10.1 Å². The lowest BCUT2D eigenvalue weighted by Crippen LogP contribution is -2.21. The highest BCUT2D eigenvalue weighted by molar-refractivity contribution is 6.30. The third-order valence-corrected chi connectivity index (χ3v) is 5.38. The fourth-order valence-electron chi connectivity index (χ4n) is 3.41. The van der Waals surface area contributed by atoms with Gasteiger partial charge in [-0.3, -0.25) is 19.6 Å². The minimum atomic E-state index is -4.63. The number of nitro benzene ring substituents is 1. The van der Waals surface area contributed by atoms with Crippen LogP contribution in [0.1, 0.15) is 35.7 Å². The largest absolute Gasteiger partial charge is 0.457 e. The third kappa shape index (κ3) is 5.48. The molecule has 3 aromatic rings. The molecule has 1 heterocycles. The number of aryl methyl sites for hydroxylation is 1. The van der Waals surface area contributed by atoms with Crippen molar-refractivity contribution < 1.29 is 27.6 Å². The number of hydrogen-bond acceptors (Lipinski definition) is 5. The van der Waals surface area contributed by atoms with Gasteiger partial charge in [0.1, 0.15) is 18.0 Å². The van der Waals surface area contributed by atoms with Crippen molar-refractivity contribution in [3.63, 3.8) is 0 Å². The van der Waals surface area contributed by atoms with E-state index in [1.54, 1.807) is 25.1 Å². The topological polar surface area (TPSA) is 99.3 Å². The number of ether oxygens (including phenoxy) is 1. The van der Waals surface area contributed by atoms with Gasteiger partial charge >= 0.3 is 6.18 Å². The summed E-state index contributed by atoms with van der Waals surface area (Å²) in [6.07, 6.45) is -3.18. The first-order chi connectivity index (χ1) is 16.0. The minimum Gasteiger partial charge on any atom is -0.457 e. The highest BCUT2D eigenvalue weighted by Crippen LogP contribution is 2.42. The molecule has 0 spiro atoms. The van der Waals surface area contributed by atoms with E-state index in [9.17, 15) is 28.1 Å². The Labute approximate surface area is 196 Å². The van der Waals surface area contributed by atoms with Gasteiger partial charge in [0.25, 0.3) is 5.69 Å². The summed E-state index contributed by atoms with van der Waals surface area (Å²) in [5.74, 6) is -0.260. The predicted molar refractivity (Wildman–Crippen MR) is 117 cm³/mol. The Kier molecular flexibility index (Phi) is 6.22. The monoisotopic (exact) mass is 494 g/mol. The Morgan fingerprint density at radius 3 is 2.62 bits per heavy atom. The summed E-state index contributed by atoms with van der Waals surface area (Å²) in [5.41, 5.74) is -0.319. The fraction of sp³-hybridized carbons (Fsp3) is 0.273. The zero-order valence-corrected chi connectivity index (χ0v) is 18.5. The maximum atomic E-state index is 13.1. The summed E-state index contributed by atoms with van der Waals surface area (Å²) < 4.78 is 46.0. The van der Waals surface area contributed by atoms with Crippen molar-refractivity contribution in [2.75, 3.05) is 5.32 Å². The quantitative estimate of drug-likeness (QED) is 0.317. The normalized spacial score (nSPS) is 13.6. The first-order valence-corrected chi connectivity index (χ1v) is 10.6. The smallest absolute Gasteiger partial charge is 0.435 e. The standard InChI is InChI=1S/C22H18ClF3N4O4/c1-12-6-14(23)4-5-19(12)34-17-8-15(7-16(9-17)30(32)33)27-21(31)11-29-18(13-2-3-13)10-20(28-29)22(24,25)26/h4-10,13H,2-3,11H2,1H3,(H,27,31). The van der Waals surface area contributed by atoms with E-state index in [0.717, 1.165) is 29.7 Å². The van der Waals surface area contributed by atoms with E-state index in [2.05, 4.69) is 10.4 Å². The van der Waals surface area contributed by atoms with E-state index >= 15 is 0 Å². The van der Waals surface area contributed by atoms with Crippen molar-refractivity contribution in [2.45, 2.75) is 38.4 Å². The average Bonchev–Trinajstić information content (AvgIpc) is 3.49. The summed E-state index contributed by atoms with van der Waals surface area (Å²) in [7, 11) is 0. The lowest BCUT2D eigenvalue weighted by Gasteiger charge is -2.12. The van der Waals surface area contributed by atoms with Gasteiger partial charge in [-0.2, -0.15) is 18.3 Å². The van der Waals surface area contributed by atoms with Gasteiger partial charge in [-0.15, -0.1) is 0 Å². The highest BCUT2D eigenvalue weighted by atomic mass is 35.5. The van der Waals surface area contributed by atoms with Gasteiger partial charge in [0.05, 0.1) is 16.7 Å². The Morgan fingerprint density at radius 1 is 1.26 bits per heavy atom. The van der Waals surface area contributed by atoms with E-state index in [0.29, 0.717) is 22.0 Å². The molecule has 12 heteroatoms. The number of rotatable bonds is 7. The number of halogens is 4. The number of hydrogen-bond donors (Lipinski definition) is 1. The van der Waals surface area contributed by atoms with Crippen LogP contribution in [0.3, 0.4) is 0 Å². The maximum absolute atomic E-state index is 13.1. The second-order valence-corrected chi connectivity index (χ2v) is 8.35. The third-order valence-electron chi connectivity index (χ3n) is 5.14. The van der Waals surface area contributed by atoms with Crippen LogP contribution < -0.4 is 10.1 Å². The number of nitro groups is 1. The van der Waals surface area contributed by atoms with Crippen LogP contribution in [-0.4, -0.2) is 20.6 Å². The molecule has 0 atom stereocenters. The van der Waals surface area contributed by atoms with E-state index in [1.807, 2.05) is 0 Å². The molecule has 8 nitrogen and oxygen atoms in total. The number of non-ortho nitro benzene ring substituents is 1. The van der Waals surface area contributed by atoms with Crippen molar-refractivity contribution in [1.29, 1.82) is 0 Å². The second kappa shape index (κ2) is 8.98. The number of nitrogens with zero attached hydrogens (tertiary/aromatic N) is 3. The molecule has 4 rings (SSSR count). The number of nitrogens with one attached hydrogen (secondary N) is 1. The van der Waals surface area contributed by atoms with Gasteiger partial charge in [0.15, 0.2) is 5.69 Å². The number of aromatic nitrogens is 2. The van der Waals surface area contributed by atoms with Crippen molar-refractivity contribution in [1.82, 2.24) is 9.78 Å². The Bertz CT molecular complexity index is 1270. The summed E-state index contributed by atoms with van der Waals surface area (Å²) in [6.45, 7) is 1.27. The van der Waals surface area contributed by atoms with Crippen LogP contribution >= 0.6 is 11.6 Å². The van der Waals surface area contributed by atoms with Gasteiger partial charge in [0, 0.05) is 28.8 Å². The van der Waals surface area contributed by atoms with E-state index in [1.165, 1.54) is 12.1 Å². The van der Waals surface area contributed by atoms with Crippen LogP contribution in [0.25, 0.3) is 0 Å². The molecule has 34 heavy (non-hydrogen) atoms. The van der Waals surface area contributed by atoms with Crippen molar-refractivity contribution in [3.8, 4) is 11.5 Å². The van der Waals surface area contributed by atoms with Crippen molar-refractivity contribution in [3.05, 3.63) is 74.6 Å². The molecule has 1 amide bonds. The molecular formula is C22H18ClF3N4O4. The number of carbonyl (C=O) groups excluding carboxylic acids is 1. The van der Waals surface area contributed by atoms with Crippen LogP contribution in [0.5, 0.6) is 11.5 Å². The van der Waals surface area contributed by atoms with Crippen LogP contribution in [0, 0.1) is 17.0 Å². The number of alkyl halides is 3. The van der Waals surface area contributed by atoms with Crippen LogP contribution in [0.4, 0.5) is 24.5 Å². The van der Waals surface area contributed by atoms with Crippen LogP contribution in [-0.2, 0) is 17.5 Å². The van der Waals surface area contributed by atoms with Gasteiger partial charge in [-0.1, -0.05) is 11.6 Å². The zero-order chi connectivity index (χ0) is 24.6. The van der Waals surface area contributed by atoms with Gasteiger partial charge in [-0.25, -0.2) is 0 Å². The molecule has 0 radical (unpaired) electrons. The molecule has 1 aromatic heterocycles. The first kappa shape index (κ1) is 23.6. The van der Waals surface area contributed by atoms with Gasteiger partial charge in [-0.05, 0) is 49.6 Å². The predicted octanol–water partition coefficient (Wildman–Crippen LogP) is 6.08. The van der Waals surface area contributed by atoms with Crippen LogP contribution in [0.2, 0.25) is 5.02 Å². The summed E-state index contributed by atoms with van der Waals surface area (Å²) in [5, 5.41) is 17.9. The molecule has 0 aliphatic heterocycles. The number of benzene rings is 2. The molecular weight excluding hydrogens is 477 g/mol. The zero-order valence-electron chi connectivity index (χ0n) is 17.7. The molecule has 2 aromatic carbocycles. The van der Waals surface area contributed by atoms with Crippen molar-refractivity contribution >= 4 is 28.9 Å². The molecule has 1 N–H and O–H groups in total. The molecule has 0 bridgehead atoms. The SMILES string of the molecule is Cc1cc(Cl)ccc1Oc1cc(NC(=O)Cn2nc(C(F)(F)F)cc2C2CC2)cc([N+](=O)[O-])c1.